The lowest BCUT2D eigenvalue weighted by Crippen LogP contribution is -2.59. The predicted molar refractivity (Wildman–Crippen MR) is 98.8 cm³/mol. The van der Waals surface area contributed by atoms with Crippen molar-refractivity contribution in [3.05, 3.63) is 36.3 Å². The van der Waals surface area contributed by atoms with E-state index in [2.05, 4.69) is 62.7 Å². The van der Waals surface area contributed by atoms with Crippen molar-refractivity contribution >= 4 is 5.91 Å². The Balaban J connectivity index is 1.38. The topological polar surface area (TPSA) is 86.9 Å². The van der Waals surface area contributed by atoms with E-state index in [0.29, 0.717) is 18.4 Å². The summed E-state index contributed by atoms with van der Waals surface area (Å²) in [4.78, 5) is 17.4. The van der Waals surface area contributed by atoms with Gasteiger partial charge < -0.3 is 20.9 Å². The monoisotopic (exact) mass is 360 g/mol. The summed E-state index contributed by atoms with van der Waals surface area (Å²) in [6, 6.07) is 0.579. The first kappa shape index (κ1) is 17.3. The molecule has 1 amide bonds. The number of hydrogen-bond donors (Lipinski definition) is 5. The Morgan fingerprint density at radius 3 is 2.85 bits per heavy atom. The minimum atomic E-state index is -0.167. The fourth-order valence-corrected chi connectivity index (χ4v) is 3.74. The molecule has 4 aliphatic rings. The lowest BCUT2D eigenvalue weighted by atomic mass is 10.2. The van der Waals surface area contributed by atoms with E-state index in [1.807, 2.05) is 17.3 Å². The van der Waals surface area contributed by atoms with Gasteiger partial charge in [0.1, 0.15) is 18.0 Å². The standard InChI is InChI=1S/C17H28N8O/c1-23(2)12-6-8-24(10-12)16-4-3-15-19-9-13(25(15)22-16)17(26)21-14-5-7-18-11-20-14/h3-5,7,9,12,14-16,18-20,22H,6,8,10-11H2,1-2H3,(H,21,26)/t12-,14?,15?,16?/m0/s1. The van der Waals surface area contributed by atoms with Crippen molar-refractivity contribution in [2.75, 3.05) is 33.9 Å². The Bertz CT molecular complexity index is 630. The third kappa shape index (κ3) is 3.43. The van der Waals surface area contributed by atoms with Gasteiger partial charge >= 0.3 is 0 Å². The van der Waals surface area contributed by atoms with Gasteiger partial charge in [-0.2, -0.15) is 0 Å². The van der Waals surface area contributed by atoms with E-state index in [1.54, 1.807) is 6.20 Å². The molecule has 4 heterocycles. The van der Waals surface area contributed by atoms with E-state index in [1.165, 1.54) is 0 Å². The lowest BCUT2D eigenvalue weighted by Gasteiger charge is -2.38. The Labute approximate surface area is 154 Å². The summed E-state index contributed by atoms with van der Waals surface area (Å²) in [7, 11) is 4.26. The van der Waals surface area contributed by atoms with Gasteiger partial charge in [-0.25, -0.2) is 5.43 Å². The number of carbonyl (C=O) groups is 1. The Morgan fingerprint density at radius 1 is 1.27 bits per heavy atom. The maximum atomic E-state index is 12.7. The lowest BCUT2D eigenvalue weighted by molar-refractivity contribution is -0.120. The first-order chi connectivity index (χ1) is 12.6. The molecule has 0 aromatic heterocycles. The molecule has 0 spiro atoms. The smallest absolute Gasteiger partial charge is 0.272 e. The average molecular weight is 360 g/mol. The highest BCUT2D eigenvalue weighted by Crippen LogP contribution is 2.22. The van der Waals surface area contributed by atoms with E-state index in [9.17, 15) is 4.79 Å². The highest BCUT2D eigenvalue weighted by Gasteiger charge is 2.36. The molecular formula is C17H28N8O. The zero-order chi connectivity index (χ0) is 18.1. The predicted octanol–water partition coefficient (Wildman–Crippen LogP) is -1.80. The van der Waals surface area contributed by atoms with E-state index in [-0.39, 0.29) is 24.4 Å². The van der Waals surface area contributed by atoms with Crippen LogP contribution < -0.4 is 26.7 Å². The molecule has 1 saturated heterocycles. The summed E-state index contributed by atoms with van der Waals surface area (Å²) >= 11 is 0. The van der Waals surface area contributed by atoms with Crippen molar-refractivity contribution < 1.29 is 4.79 Å². The molecule has 0 aliphatic carbocycles. The summed E-state index contributed by atoms with van der Waals surface area (Å²) in [5.74, 6) is -0.113. The summed E-state index contributed by atoms with van der Waals surface area (Å²) < 4.78 is 0. The number of hydrazine groups is 1. The van der Waals surface area contributed by atoms with Crippen LogP contribution in [0.1, 0.15) is 6.42 Å². The van der Waals surface area contributed by atoms with Crippen LogP contribution >= 0.6 is 0 Å². The van der Waals surface area contributed by atoms with Crippen molar-refractivity contribution in [1.29, 1.82) is 0 Å². The van der Waals surface area contributed by atoms with Crippen molar-refractivity contribution in [1.82, 2.24) is 41.5 Å². The highest BCUT2D eigenvalue weighted by atomic mass is 16.2. The van der Waals surface area contributed by atoms with Gasteiger partial charge in [-0.05, 0) is 38.9 Å². The second-order valence-corrected chi connectivity index (χ2v) is 7.27. The average Bonchev–Trinajstić information content (AvgIpc) is 3.29. The Morgan fingerprint density at radius 2 is 2.12 bits per heavy atom. The number of rotatable bonds is 4. The first-order valence-electron chi connectivity index (χ1n) is 9.16. The van der Waals surface area contributed by atoms with Gasteiger partial charge in [0.25, 0.3) is 5.91 Å². The van der Waals surface area contributed by atoms with Gasteiger partial charge in [0.2, 0.25) is 0 Å². The number of carbonyl (C=O) groups excluding carboxylic acids is 1. The second-order valence-electron chi connectivity index (χ2n) is 7.27. The number of hydrogen-bond acceptors (Lipinski definition) is 8. The molecule has 142 valence electrons. The SMILES string of the molecule is CN(C)[C@H]1CCN(C2C=CC3NC=C(C(=O)NC4C=CNCN4)N3N2)C1. The van der Waals surface area contributed by atoms with Gasteiger partial charge in [0.05, 0.1) is 12.8 Å². The molecule has 26 heavy (non-hydrogen) atoms. The normalized spacial score (nSPS) is 33.7. The summed E-state index contributed by atoms with van der Waals surface area (Å²) in [5.41, 5.74) is 4.10. The summed E-state index contributed by atoms with van der Waals surface area (Å²) in [6.45, 7) is 2.71. The molecule has 0 saturated carbocycles. The molecule has 0 radical (unpaired) electrons. The van der Waals surface area contributed by atoms with Crippen LogP contribution in [0.3, 0.4) is 0 Å². The van der Waals surface area contributed by atoms with Crippen LogP contribution in [0.2, 0.25) is 0 Å². The second kappa shape index (κ2) is 7.28. The molecule has 3 unspecified atom stereocenters. The third-order valence-electron chi connectivity index (χ3n) is 5.34. The number of amides is 1. The van der Waals surface area contributed by atoms with Crippen LogP contribution in [0.5, 0.6) is 0 Å². The van der Waals surface area contributed by atoms with Crippen molar-refractivity contribution in [3.8, 4) is 0 Å². The largest absolute Gasteiger partial charge is 0.378 e. The van der Waals surface area contributed by atoms with E-state index >= 15 is 0 Å². The molecule has 9 heteroatoms. The van der Waals surface area contributed by atoms with Crippen molar-refractivity contribution in [2.45, 2.75) is 31.0 Å². The molecule has 4 atom stereocenters. The number of fused-ring (bicyclic) bond motifs is 1. The Kier molecular flexibility index (Phi) is 4.86. The van der Waals surface area contributed by atoms with Crippen LogP contribution in [0.15, 0.2) is 36.3 Å². The van der Waals surface area contributed by atoms with Gasteiger partial charge in [0, 0.05) is 25.3 Å². The number of nitrogens with one attached hydrogen (secondary N) is 5. The summed E-state index contributed by atoms with van der Waals surface area (Å²) in [5, 5.41) is 14.4. The van der Waals surface area contributed by atoms with Gasteiger partial charge in [-0.3, -0.25) is 20.0 Å². The Hall–Kier alpha value is -2.07. The molecular weight excluding hydrogens is 332 g/mol. The molecule has 1 fully saturated rings. The van der Waals surface area contributed by atoms with E-state index in [0.717, 1.165) is 19.5 Å². The molecule has 0 aromatic carbocycles. The van der Waals surface area contributed by atoms with Gasteiger partial charge in [0.15, 0.2) is 0 Å². The fraction of sp³-hybridized carbons (Fsp3) is 0.588. The summed E-state index contributed by atoms with van der Waals surface area (Å²) in [6.07, 6.45) is 10.9. The number of nitrogens with zero attached hydrogens (tertiary/aromatic N) is 3. The van der Waals surface area contributed by atoms with Crippen LogP contribution in [-0.2, 0) is 4.79 Å². The molecule has 5 N–H and O–H groups in total. The first-order valence-corrected chi connectivity index (χ1v) is 9.16. The van der Waals surface area contributed by atoms with Crippen molar-refractivity contribution in [2.24, 2.45) is 0 Å². The minimum Gasteiger partial charge on any atom is -0.378 e. The maximum Gasteiger partial charge on any atom is 0.272 e. The highest BCUT2D eigenvalue weighted by molar-refractivity contribution is 5.93. The number of likely N-dealkylation sites (tertiary alicyclic amines) is 1. The quantitative estimate of drug-likeness (QED) is 0.376. The fourth-order valence-electron chi connectivity index (χ4n) is 3.74. The van der Waals surface area contributed by atoms with Gasteiger partial charge in [-0.1, -0.05) is 6.08 Å². The molecule has 9 nitrogen and oxygen atoms in total. The van der Waals surface area contributed by atoms with Crippen molar-refractivity contribution in [3.63, 3.8) is 0 Å². The van der Waals surface area contributed by atoms with Crippen LogP contribution in [0.25, 0.3) is 0 Å². The minimum absolute atomic E-state index is 0.0317. The molecule has 4 rings (SSSR count). The third-order valence-corrected chi connectivity index (χ3v) is 5.34. The van der Waals surface area contributed by atoms with E-state index in [4.69, 9.17) is 0 Å². The number of likely N-dealkylation sites (N-methyl/N-ethyl adjacent to an activating group) is 1. The van der Waals surface area contributed by atoms with Gasteiger partial charge in [-0.15, -0.1) is 0 Å². The molecule has 0 aromatic rings. The molecule has 0 bridgehead atoms. The van der Waals surface area contributed by atoms with Crippen LogP contribution in [0.4, 0.5) is 0 Å². The van der Waals surface area contributed by atoms with Crippen LogP contribution in [-0.4, -0.2) is 79.1 Å². The maximum absolute atomic E-state index is 12.7. The zero-order valence-electron chi connectivity index (χ0n) is 15.3. The van der Waals surface area contributed by atoms with Crippen LogP contribution in [0, 0.1) is 0 Å². The zero-order valence-corrected chi connectivity index (χ0v) is 15.3. The van der Waals surface area contributed by atoms with E-state index < -0.39 is 0 Å². The molecule has 4 aliphatic heterocycles.